The number of alkyl halides is 3. The molecule has 0 aliphatic heterocycles. The van der Waals surface area contributed by atoms with E-state index in [0.29, 0.717) is 5.75 Å². The number of hydrogen-bond donors (Lipinski definition) is 1. The normalized spacial score (nSPS) is 18.6. The first-order valence-corrected chi connectivity index (χ1v) is 7.04. The Labute approximate surface area is 122 Å². The minimum absolute atomic E-state index is 0.0234. The number of hydrogen-bond acceptors (Lipinski definition) is 3. The fourth-order valence-electron chi connectivity index (χ4n) is 2.67. The number of nitrogens with two attached hydrogens (primary N) is 1. The average molecular weight is 302 g/mol. The van der Waals surface area contributed by atoms with E-state index in [1.165, 1.54) is 4.90 Å². The highest BCUT2D eigenvalue weighted by Crippen LogP contribution is 2.38. The molecule has 1 aliphatic carbocycles. The van der Waals surface area contributed by atoms with Crippen LogP contribution in [0.3, 0.4) is 0 Å². The molecule has 0 heterocycles. The Balaban J connectivity index is 2.26. The SMILES string of the molecule is COc1ccc(C(C(C)N)N(CC(F)(F)F)C2CC2)cc1. The van der Waals surface area contributed by atoms with Gasteiger partial charge < -0.3 is 10.5 Å². The number of ether oxygens (including phenoxy) is 1. The van der Waals surface area contributed by atoms with Gasteiger partial charge in [0.1, 0.15) is 5.75 Å². The Morgan fingerprint density at radius 1 is 1.29 bits per heavy atom. The van der Waals surface area contributed by atoms with E-state index < -0.39 is 18.8 Å². The third-order valence-electron chi connectivity index (χ3n) is 3.69. The van der Waals surface area contributed by atoms with Crippen molar-refractivity contribution in [2.45, 2.75) is 44.1 Å². The summed E-state index contributed by atoms with van der Waals surface area (Å²) in [6, 6.07) is 6.24. The van der Waals surface area contributed by atoms with Crippen molar-refractivity contribution in [1.29, 1.82) is 0 Å². The second-order valence-corrected chi connectivity index (χ2v) is 5.60. The summed E-state index contributed by atoms with van der Waals surface area (Å²) in [5.41, 5.74) is 6.78. The first kappa shape index (κ1) is 16.1. The smallest absolute Gasteiger partial charge is 0.401 e. The Kier molecular flexibility index (Phi) is 4.78. The molecule has 2 atom stereocenters. The van der Waals surface area contributed by atoms with E-state index in [9.17, 15) is 13.2 Å². The van der Waals surface area contributed by atoms with Crippen molar-refractivity contribution in [3.8, 4) is 5.75 Å². The van der Waals surface area contributed by atoms with Gasteiger partial charge in [0, 0.05) is 12.1 Å². The molecule has 1 aromatic carbocycles. The topological polar surface area (TPSA) is 38.5 Å². The summed E-state index contributed by atoms with van der Waals surface area (Å²) in [5, 5.41) is 0. The van der Waals surface area contributed by atoms with Gasteiger partial charge in [0.15, 0.2) is 0 Å². The molecule has 118 valence electrons. The summed E-state index contributed by atoms with van der Waals surface area (Å²) in [7, 11) is 1.55. The van der Waals surface area contributed by atoms with Crippen LogP contribution in [0.4, 0.5) is 13.2 Å². The molecule has 1 fully saturated rings. The first-order chi connectivity index (χ1) is 9.81. The van der Waals surface area contributed by atoms with Gasteiger partial charge in [-0.25, -0.2) is 0 Å². The molecule has 2 N–H and O–H groups in total. The summed E-state index contributed by atoms with van der Waals surface area (Å²) in [6.45, 7) is 0.830. The number of rotatable bonds is 6. The van der Waals surface area contributed by atoms with Gasteiger partial charge in [0.25, 0.3) is 0 Å². The van der Waals surface area contributed by atoms with Crippen LogP contribution < -0.4 is 10.5 Å². The van der Waals surface area contributed by atoms with Crippen molar-refractivity contribution in [3.63, 3.8) is 0 Å². The van der Waals surface area contributed by atoms with Crippen molar-refractivity contribution in [3.05, 3.63) is 29.8 Å². The maximum absolute atomic E-state index is 12.8. The lowest BCUT2D eigenvalue weighted by Crippen LogP contribution is -2.45. The molecule has 0 spiro atoms. The molecular formula is C15H21F3N2O. The van der Waals surface area contributed by atoms with E-state index in [0.717, 1.165) is 18.4 Å². The maximum atomic E-state index is 12.8. The number of halogens is 3. The van der Waals surface area contributed by atoms with E-state index in [1.54, 1.807) is 38.3 Å². The van der Waals surface area contributed by atoms with Crippen LogP contribution in [-0.2, 0) is 0 Å². The first-order valence-electron chi connectivity index (χ1n) is 7.04. The highest BCUT2D eigenvalue weighted by atomic mass is 19.4. The van der Waals surface area contributed by atoms with Crippen LogP contribution in [0.15, 0.2) is 24.3 Å². The summed E-state index contributed by atoms with van der Waals surface area (Å²) >= 11 is 0. The van der Waals surface area contributed by atoms with E-state index in [1.807, 2.05) is 0 Å². The highest BCUT2D eigenvalue weighted by molar-refractivity contribution is 5.30. The monoisotopic (exact) mass is 302 g/mol. The largest absolute Gasteiger partial charge is 0.497 e. The summed E-state index contributed by atoms with van der Waals surface area (Å²) in [6.07, 6.45) is -2.62. The Morgan fingerprint density at radius 3 is 2.24 bits per heavy atom. The quantitative estimate of drug-likeness (QED) is 0.877. The fourth-order valence-corrected chi connectivity index (χ4v) is 2.67. The molecule has 0 radical (unpaired) electrons. The zero-order valence-corrected chi connectivity index (χ0v) is 12.2. The van der Waals surface area contributed by atoms with E-state index in [2.05, 4.69) is 0 Å². The van der Waals surface area contributed by atoms with Crippen LogP contribution in [-0.4, -0.2) is 36.8 Å². The Morgan fingerprint density at radius 2 is 1.86 bits per heavy atom. The number of methoxy groups -OCH3 is 1. The van der Waals surface area contributed by atoms with Crippen molar-refractivity contribution in [2.24, 2.45) is 5.73 Å². The Hall–Kier alpha value is -1.27. The molecule has 2 unspecified atom stereocenters. The lowest BCUT2D eigenvalue weighted by molar-refractivity contribution is -0.153. The lowest BCUT2D eigenvalue weighted by Gasteiger charge is -2.35. The predicted octanol–water partition coefficient (Wildman–Crippen LogP) is 3.11. The standard InChI is InChI=1S/C15H21F3N2O/c1-10(19)14(11-3-7-13(21-2)8-4-11)20(12-5-6-12)9-15(16,17)18/h3-4,7-8,10,12,14H,5-6,9,19H2,1-2H3. The van der Waals surface area contributed by atoms with E-state index in [-0.39, 0.29) is 12.1 Å². The average Bonchev–Trinajstić information content (AvgIpc) is 3.21. The van der Waals surface area contributed by atoms with Crippen LogP contribution >= 0.6 is 0 Å². The molecule has 21 heavy (non-hydrogen) atoms. The molecule has 3 nitrogen and oxygen atoms in total. The van der Waals surface area contributed by atoms with Gasteiger partial charge in [-0.3, -0.25) is 4.90 Å². The van der Waals surface area contributed by atoms with Crippen LogP contribution in [0.25, 0.3) is 0 Å². The van der Waals surface area contributed by atoms with Crippen molar-refractivity contribution < 1.29 is 17.9 Å². The maximum Gasteiger partial charge on any atom is 0.401 e. The van der Waals surface area contributed by atoms with Crippen molar-refractivity contribution in [2.75, 3.05) is 13.7 Å². The van der Waals surface area contributed by atoms with Gasteiger partial charge >= 0.3 is 6.18 Å². The summed E-state index contributed by atoms with van der Waals surface area (Å²) < 4.78 is 43.6. The minimum atomic E-state index is -4.22. The van der Waals surface area contributed by atoms with Crippen LogP contribution in [0.1, 0.15) is 31.4 Å². The fraction of sp³-hybridized carbons (Fsp3) is 0.600. The zero-order chi connectivity index (χ0) is 15.6. The van der Waals surface area contributed by atoms with Gasteiger partial charge in [-0.15, -0.1) is 0 Å². The van der Waals surface area contributed by atoms with Gasteiger partial charge in [0.05, 0.1) is 19.7 Å². The number of nitrogens with zero attached hydrogens (tertiary/aromatic N) is 1. The van der Waals surface area contributed by atoms with Crippen molar-refractivity contribution >= 4 is 0 Å². The molecule has 0 saturated heterocycles. The summed E-state index contributed by atoms with van der Waals surface area (Å²) in [4.78, 5) is 1.49. The van der Waals surface area contributed by atoms with Gasteiger partial charge in [-0.05, 0) is 37.5 Å². The molecule has 0 aromatic heterocycles. The lowest BCUT2D eigenvalue weighted by atomic mass is 9.98. The van der Waals surface area contributed by atoms with E-state index >= 15 is 0 Å². The van der Waals surface area contributed by atoms with Crippen LogP contribution in [0, 0.1) is 0 Å². The Bertz CT molecular complexity index is 455. The van der Waals surface area contributed by atoms with Crippen LogP contribution in [0.5, 0.6) is 5.75 Å². The second-order valence-electron chi connectivity index (χ2n) is 5.60. The molecule has 0 bridgehead atoms. The molecule has 6 heteroatoms. The number of benzene rings is 1. The minimum Gasteiger partial charge on any atom is -0.497 e. The molecule has 1 aliphatic rings. The molecule has 1 aromatic rings. The van der Waals surface area contributed by atoms with Gasteiger partial charge in [0.2, 0.25) is 0 Å². The van der Waals surface area contributed by atoms with E-state index in [4.69, 9.17) is 10.5 Å². The van der Waals surface area contributed by atoms with Gasteiger partial charge in [-0.1, -0.05) is 12.1 Å². The molecule has 0 amide bonds. The zero-order valence-electron chi connectivity index (χ0n) is 12.2. The molecule has 2 rings (SSSR count). The van der Waals surface area contributed by atoms with Gasteiger partial charge in [-0.2, -0.15) is 13.2 Å². The highest BCUT2D eigenvalue weighted by Gasteiger charge is 2.42. The van der Waals surface area contributed by atoms with Crippen LogP contribution in [0.2, 0.25) is 0 Å². The molecule has 1 saturated carbocycles. The molecular weight excluding hydrogens is 281 g/mol. The third kappa shape index (κ3) is 4.35. The third-order valence-corrected chi connectivity index (χ3v) is 3.69. The summed E-state index contributed by atoms with van der Waals surface area (Å²) in [5.74, 6) is 0.677. The second kappa shape index (κ2) is 6.23. The van der Waals surface area contributed by atoms with Crippen molar-refractivity contribution in [1.82, 2.24) is 4.90 Å². The predicted molar refractivity (Wildman–Crippen MR) is 75.2 cm³/mol.